The molecule has 0 atom stereocenters. The van der Waals surface area contributed by atoms with Gasteiger partial charge in [0.15, 0.2) is 0 Å². The molecule has 15 heavy (non-hydrogen) atoms. The smallest absolute Gasteiger partial charge is 0.148 e. The number of anilines is 1. The second kappa shape index (κ2) is 4.75. The van der Waals surface area contributed by atoms with Gasteiger partial charge in [-0.1, -0.05) is 0 Å². The molecule has 0 aliphatic rings. The number of nitrogens with zero attached hydrogens (tertiary/aromatic N) is 3. The maximum absolute atomic E-state index is 13.3. The van der Waals surface area contributed by atoms with Gasteiger partial charge >= 0.3 is 0 Å². The minimum absolute atomic E-state index is 0. The predicted molar refractivity (Wildman–Crippen MR) is 58.1 cm³/mol. The molecule has 80 valence electrons. The minimum Gasteiger partial charge on any atom is -0.386 e. The molecule has 0 spiro atoms. The number of hydrogen-bond donors (Lipinski definition) is 1. The molecule has 1 aromatic carbocycles. The zero-order valence-corrected chi connectivity index (χ0v) is 8.83. The van der Waals surface area contributed by atoms with Crippen LogP contribution < -0.4 is 5.32 Å². The van der Waals surface area contributed by atoms with Gasteiger partial charge in [-0.2, -0.15) is 5.10 Å². The second-order valence-corrected chi connectivity index (χ2v) is 2.75. The molecule has 2 aromatic rings. The van der Waals surface area contributed by atoms with Crippen LogP contribution >= 0.6 is 12.4 Å². The van der Waals surface area contributed by atoms with E-state index in [4.69, 9.17) is 0 Å². The van der Waals surface area contributed by atoms with Crippen molar-refractivity contribution in [2.24, 2.45) is 0 Å². The maximum Gasteiger partial charge on any atom is 0.148 e. The molecule has 0 saturated carbocycles. The first kappa shape index (κ1) is 11.5. The van der Waals surface area contributed by atoms with Gasteiger partial charge in [0.05, 0.1) is 11.4 Å². The Balaban J connectivity index is 0.00000112. The average molecular weight is 229 g/mol. The van der Waals surface area contributed by atoms with E-state index in [9.17, 15) is 4.39 Å². The topological polar surface area (TPSA) is 42.7 Å². The number of rotatable bonds is 2. The predicted octanol–water partition coefficient (Wildman–Crippen LogP) is 1.87. The van der Waals surface area contributed by atoms with E-state index in [2.05, 4.69) is 15.4 Å². The van der Waals surface area contributed by atoms with Gasteiger partial charge in [-0.3, -0.25) is 0 Å². The maximum atomic E-state index is 13.3. The number of hydrogen-bond acceptors (Lipinski definition) is 3. The zero-order chi connectivity index (χ0) is 9.97. The van der Waals surface area contributed by atoms with Gasteiger partial charge in [0, 0.05) is 13.1 Å². The Morgan fingerprint density at radius 3 is 2.73 bits per heavy atom. The van der Waals surface area contributed by atoms with Crippen LogP contribution in [0.5, 0.6) is 0 Å². The molecular formula is C9H10ClFN4. The number of halogens is 2. The number of nitrogens with one attached hydrogen (secondary N) is 1. The Hall–Kier alpha value is -1.62. The van der Waals surface area contributed by atoms with Crippen LogP contribution in [0.3, 0.4) is 0 Å². The van der Waals surface area contributed by atoms with Crippen molar-refractivity contribution in [1.29, 1.82) is 0 Å². The van der Waals surface area contributed by atoms with Gasteiger partial charge in [-0.25, -0.2) is 14.1 Å². The Kier molecular flexibility index (Phi) is 3.62. The Bertz CT molecular complexity index is 430. The summed E-state index contributed by atoms with van der Waals surface area (Å²) in [5.41, 5.74) is 1.12. The van der Waals surface area contributed by atoms with Crippen LogP contribution in [-0.2, 0) is 0 Å². The molecule has 1 heterocycles. The molecule has 0 unspecified atom stereocenters. The van der Waals surface area contributed by atoms with E-state index in [1.54, 1.807) is 19.2 Å². The Morgan fingerprint density at radius 1 is 1.40 bits per heavy atom. The van der Waals surface area contributed by atoms with Crippen molar-refractivity contribution in [3.8, 4) is 5.69 Å². The molecule has 0 amide bonds. The van der Waals surface area contributed by atoms with Crippen molar-refractivity contribution >= 4 is 18.1 Å². The molecule has 0 fully saturated rings. The number of benzene rings is 1. The van der Waals surface area contributed by atoms with Crippen molar-refractivity contribution in [2.75, 3.05) is 12.4 Å². The first-order valence-electron chi connectivity index (χ1n) is 4.13. The van der Waals surface area contributed by atoms with E-state index >= 15 is 0 Å². The Morgan fingerprint density at radius 2 is 2.20 bits per heavy atom. The summed E-state index contributed by atoms with van der Waals surface area (Å²) in [6.07, 6.45) is 2.93. The van der Waals surface area contributed by atoms with Crippen LogP contribution in [0.15, 0.2) is 30.9 Å². The molecule has 0 bridgehead atoms. The third kappa shape index (κ3) is 2.24. The highest BCUT2D eigenvalue weighted by Gasteiger charge is 2.02. The lowest BCUT2D eigenvalue weighted by Crippen LogP contribution is -1.98. The normalized spacial score (nSPS) is 9.47. The van der Waals surface area contributed by atoms with E-state index in [0.29, 0.717) is 11.4 Å². The first-order valence-corrected chi connectivity index (χ1v) is 4.13. The summed E-state index contributed by atoms with van der Waals surface area (Å²) in [5, 5.41) is 6.65. The lowest BCUT2D eigenvalue weighted by molar-refractivity contribution is 0.629. The van der Waals surface area contributed by atoms with Crippen molar-refractivity contribution in [2.45, 2.75) is 0 Å². The van der Waals surface area contributed by atoms with Gasteiger partial charge in [-0.05, 0) is 12.1 Å². The van der Waals surface area contributed by atoms with E-state index < -0.39 is 0 Å². The Labute approximate surface area is 92.5 Å². The lowest BCUT2D eigenvalue weighted by atomic mass is 10.2. The van der Waals surface area contributed by atoms with Gasteiger partial charge in [0.2, 0.25) is 0 Å². The van der Waals surface area contributed by atoms with Crippen LogP contribution in [0.2, 0.25) is 0 Å². The minimum atomic E-state index is -0.305. The van der Waals surface area contributed by atoms with Gasteiger partial charge in [-0.15, -0.1) is 12.4 Å². The lowest BCUT2D eigenvalue weighted by Gasteiger charge is -2.04. The zero-order valence-electron chi connectivity index (χ0n) is 8.01. The van der Waals surface area contributed by atoms with Crippen molar-refractivity contribution in [3.05, 3.63) is 36.7 Å². The fourth-order valence-electron chi connectivity index (χ4n) is 1.19. The molecular weight excluding hydrogens is 219 g/mol. The van der Waals surface area contributed by atoms with Gasteiger partial charge < -0.3 is 5.32 Å². The van der Waals surface area contributed by atoms with Crippen molar-refractivity contribution < 1.29 is 4.39 Å². The van der Waals surface area contributed by atoms with Crippen molar-refractivity contribution in [3.63, 3.8) is 0 Å². The highest BCUT2D eigenvalue weighted by Crippen LogP contribution is 2.16. The van der Waals surface area contributed by atoms with E-state index in [1.807, 2.05) is 0 Å². The summed E-state index contributed by atoms with van der Waals surface area (Å²) in [7, 11) is 1.67. The second-order valence-electron chi connectivity index (χ2n) is 2.75. The van der Waals surface area contributed by atoms with E-state index in [-0.39, 0.29) is 18.2 Å². The van der Waals surface area contributed by atoms with Crippen LogP contribution in [0.25, 0.3) is 5.69 Å². The number of aromatic nitrogens is 3. The monoisotopic (exact) mass is 228 g/mol. The van der Waals surface area contributed by atoms with E-state index in [1.165, 1.54) is 23.4 Å². The van der Waals surface area contributed by atoms with Crippen LogP contribution in [-0.4, -0.2) is 21.8 Å². The fraction of sp³-hybridized carbons (Fsp3) is 0.111. The van der Waals surface area contributed by atoms with Crippen LogP contribution in [0, 0.1) is 5.82 Å². The van der Waals surface area contributed by atoms with Gasteiger partial charge in [0.1, 0.15) is 18.5 Å². The standard InChI is InChI=1S/C9H9FN4.ClH/c1-11-9-3-2-7(4-8(9)10)14-6-12-5-13-14;/h2-6,11H,1H3;1H. The molecule has 1 N–H and O–H groups in total. The molecule has 0 aliphatic carbocycles. The largest absolute Gasteiger partial charge is 0.386 e. The first-order chi connectivity index (χ1) is 6.81. The third-order valence-electron chi connectivity index (χ3n) is 1.91. The summed E-state index contributed by atoms with van der Waals surface area (Å²) in [6, 6.07) is 4.83. The molecule has 2 rings (SSSR count). The van der Waals surface area contributed by atoms with Crippen LogP contribution in [0.4, 0.5) is 10.1 Å². The summed E-state index contributed by atoms with van der Waals surface area (Å²) in [5.74, 6) is -0.305. The molecule has 0 radical (unpaired) electrons. The van der Waals surface area contributed by atoms with Crippen LogP contribution in [0.1, 0.15) is 0 Å². The summed E-state index contributed by atoms with van der Waals surface area (Å²) in [6.45, 7) is 0. The highest BCUT2D eigenvalue weighted by atomic mass is 35.5. The fourth-order valence-corrected chi connectivity index (χ4v) is 1.19. The SMILES string of the molecule is CNc1ccc(-n2cncn2)cc1F.Cl. The molecule has 1 aromatic heterocycles. The van der Waals surface area contributed by atoms with Gasteiger partial charge in [0.25, 0.3) is 0 Å². The molecule has 6 heteroatoms. The van der Waals surface area contributed by atoms with E-state index in [0.717, 1.165) is 0 Å². The summed E-state index contributed by atoms with van der Waals surface area (Å²) in [4.78, 5) is 3.78. The van der Waals surface area contributed by atoms with Crippen molar-refractivity contribution in [1.82, 2.24) is 14.8 Å². The molecule has 4 nitrogen and oxygen atoms in total. The highest BCUT2D eigenvalue weighted by molar-refractivity contribution is 5.85. The summed E-state index contributed by atoms with van der Waals surface area (Å²) >= 11 is 0. The quantitative estimate of drug-likeness (QED) is 0.854. The summed E-state index contributed by atoms with van der Waals surface area (Å²) < 4.78 is 14.8. The molecule has 0 saturated heterocycles. The molecule has 0 aliphatic heterocycles. The average Bonchev–Trinajstić information content (AvgIpc) is 2.70. The third-order valence-corrected chi connectivity index (χ3v) is 1.91.